The van der Waals surface area contributed by atoms with Crippen molar-refractivity contribution in [3.8, 4) is 0 Å². The van der Waals surface area contributed by atoms with E-state index in [9.17, 15) is 0 Å². The number of amidine groups is 1. The van der Waals surface area contributed by atoms with Crippen LogP contribution in [0.2, 0.25) is 5.02 Å². The minimum Gasteiger partial charge on any atom is -0.335 e. The summed E-state index contributed by atoms with van der Waals surface area (Å²) in [7, 11) is 0. The standard InChI is InChI=1S/C10H10BrClN2S/c1-6-5-15-10(13-6)14-7-2-3-9(12)8(11)4-7/h2-4,6H,5H2,1H3,(H,13,14). The van der Waals surface area contributed by atoms with Crippen LogP contribution in [0.25, 0.3) is 0 Å². The normalized spacial score (nSPS) is 20.2. The molecule has 0 bridgehead atoms. The van der Waals surface area contributed by atoms with Gasteiger partial charge in [0, 0.05) is 15.9 Å². The quantitative estimate of drug-likeness (QED) is 0.848. The average Bonchev–Trinajstić information content (AvgIpc) is 2.58. The first kappa shape index (κ1) is 11.3. The molecule has 1 aliphatic rings. The zero-order chi connectivity index (χ0) is 10.8. The lowest BCUT2D eigenvalue weighted by Crippen LogP contribution is -2.04. The molecular formula is C10H10BrClN2S. The molecule has 1 heterocycles. The Morgan fingerprint density at radius 2 is 2.40 bits per heavy atom. The molecule has 0 spiro atoms. The van der Waals surface area contributed by atoms with Gasteiger partial charge in [-0.2, -0.15) is 0 Å². The SMILES string of the molecule is CC1CSC(Nc2ccc(Cl)c(Br)c2)=N1. The topological polar surface area (TPSA) is 24.4 Å². The van der Waals surface area contributed by atoms with Crippen molar-refractivity contribution in [2.24, 2.45) is 4.99 Å². The maximum atomic E-state index is 5.91. The molecule has 1 unspecified atom stereocenters. The van der Waals surface area contributed by atoms with Crippen molar-refractivity contribution in [1.82, 2.24) is 0 Å². The second kappa shape index (κ2) is 4.76. The molecular weight excluding hydrogens is 296 g/mol. The highest BCUT2D eigenvalue weighted by atomic mass is 79.9. The number of halogens is 2. The second-order valence-corrected chi connectivity index (χ2v) is 5.62. The van der Waals surface area contributed by atoms with Gasteiger partial charge < -0.3 is 5.32 Å². The van der Waals surface area contributed by atoms with Crippen LogP contribution in [-0.2, 0) is 0 Å². The summed E-state index contributed by atoms with van der Waals surface area (Å²) in [6, 6.07) is 6.17. The van der Waals surface area contributed by atoms with Crippen molar-refractivity contribution in [2.75, 3.05) is 11.1 Å². The molecule has 1 N–H and O–H groups in total. The number of nitrogens with zero attached hydrogens (tertiary/aromatic N) is 1. The smallest absolute Gasteiger partial charge is 0.161 e. The second-order valence-electron chi connectivity index (χ2n) is 3.35. The average molecular weight is 306 g/mol. The van der Waals surface area contributed by atoms with Gasteiger partial charge in [0.2, 0.25) is 0 Å². The van der Waals surface area contributed by atoms with Crippen LogP contribution in [0.4, 0.5) is 5.69 Å². The molecule has 0 fully saturated rings. The van der Waals surface area contributed by atoms with Gasteiger partial charge in [-0.1, -0.05) is 23.4 Å². The van der Waals surface area contributed by atoms with E-state index in [1.54, 1.807) is 11.8 Å². The molecule has 1 aromatic rings. The fraction of sp³-hybridized carbons (Fsp3) is 0.300. The molecule has 80 valence electrons. The van der Waals surface area contributed by atoms with Gasteiger partial charge in [-0.25, -0.2) is 0 Å². The highest BCUT2D eigenvalue weighted by Crippen LogP contribution is 2.27. The summed E-state index contributed by atoms with van der Waals surface area (Å²) in [6.07, 6.45) is 0. The number of hydrogen-bond donors (Lipinski definition) is 1. The van der Waals surface area contributed by atoms with Gasteiger partial charge in [0.15, 0.2) is 5.17 Å². The minimum atomic E-state index is 0.410. The van der Waals surface area contributed by atoms with Crippen LogP contribution in [0, 0.1) is 0 Å². The molecule has 0 saturated carbocycles. The molecule has 1 aromatic carbocycles. The molecule has 1 aliphatic heterocycles. The van der Waals surface area contributed by atoms with Crippen molar-refractivity contribution < 1.29 is 0 Å². The molecule has 15 heavy (non-hydrogen) atoms. The summed E-state index contributed by atoms with van der Waals surface area (Å²) in [5.74, 6) is 1.05. The fourth-order valence-electron chi connectivity index (χ4n) is 1.24. The van der Waals surface area contributed by atoms with E-state index >= 15 is 0 Å². The minimum absolute atomic E-state index is 0.410. The largest absolute Gasteiger partial charge is 0.335 e. The van der Waals surface area contributed by atoms with Crippen molar-refractivity contribution >= 4 is 50.1 Å². The first-order valence-corrected chi connectivity index (χ1v) is 6.73. The number of thioether (sulfide) groups is 1. The van der Waals surface area contributed by atoms with Crippen LogP contribution in [0.1, 0.15) is 6.92 Å². The van der Waals surface area contributed by atoms with E-state index in [2.05, 4.69) is 33.2 Å². The summed E-state index contributed by atoms with van der Waals surface area (Å²) in [5, 5.41) is 4.96. The number of rotatable bonds is 1. The Labute approximate surface area is 107 Å². The van der Waals surface area contributed by atoms with E-state index in [1.807, 2.05) is 18.2 Å². The molecule has 0 aliphatic carbocycles. The fourth-order valence-corrected chi connectivity index (χ4v) is 2.65. The number of benzene rings is 1. The zero-order valence-electron chi connectivity index (χ0n) is 8.13. The Morgan fingerprint density at radius 1 is 1.60 bits per heavy atom. The number of aliphatic imine (C=N–C) groups is 1. The zero-order valence-corrected chi connectivity index (χ0v) is 11.3. The van der Waals surface area contributed by atoms with E-state index in [4.69, 9.17) is 11.6 Å². The monoisotopic (exact) mass is 304 g/mol. The summed E-state index contributed by atoms with van der Waals surface area (Å²) in [5.41, 5.74) is 1.01. The summed E-state index contributed by atoms with van der Waals surface area (Å²) in [4.78, 5) is 4.46. The first-order chi connectivity index (χ1) is 7.15. The summed E-state index contributed by atoms with van der Waals surface area (Å²) < 4.78 is 0.894. The predicted molar refractivity (Wildman–Crippen MR) is 72.1 cm³/mol. The van der Waals surface area contributed by atoms with Crippen LogP contribution in [-0.4, -0.2) is 17.0 Å². The van der Waals surface area contributed by atoms with Gasteiger partial charge in [-0.3, -0.25) is 4.99 Å². The number of nitrogens with one attached hydrogen (secondary N) is 1. The lowest BCUT2D eigenvalue weighted by atomic mass is 10.3. The van der Waals surface area contributed by atoms with Gasteiger partial charge in [0.1, 0.15) is 0 Å². The molecule has 5 heteroatoms. The van der Waals surface area contributed by atoms with Crippen LogP contribution in [0.15, 0.2) is 27.7 Å². The highest BCUT2D eigenvalue weighted by molar-refractivity contribution is 9.10. The van der Waals surface area contributed by atoms with Gasteiger partial charge in [0.05, 0.1) is 11.1 Å². The van der Waals surface area contributed by atoms with Crippen LogP contribution in [0.5, 0.6) is 0 Å². The predicted octanol–water partition coefficient (Wildman–Crippen LogP) is 4.01. The Hall–Kier alpha value is -0.190. The van der Waals surface area contributed by atoms with E-state index in [-0.39, 0.29) is 0 Å². The molecule has 0 amide bonds. The van der Waals surface area contributed by atoms with Crippen LogP contribution >= 0.6 is 39.3 Å². The van der Waals surface area contributed by atoms with Gasteiger partial charge in [-0.15, -0.1) is 0 Å². The molecule has 0 aromatic heterocycles. The number of anilines is 1. The lowest BCUT2D eigenvalue weighted by molar-refractivity contribution is 0.865. The molecule has 0 radical (unpaired) electrons. The molecule has 1 atom stereocenters. The number of hydrogen-bond acceptors (Lipinski definition) is 3. The summed E-state index contributed by atoms with van der Waals surface area (Å²) in [6.45, 7) is 2.11. The first-order valence-electron chi connectivity index (χ1n) is 4.58. The van der Waals surface area contributed by atoms with E-state index < -0.39 is 0 Å². The molecule has 0 saturated heterocycles. The molecule has 2 nitrogen and oxygen atoms in total. The van der Waals surface area contributed by atoms with Crippen LogP contribution in [0.3, 0.4) is 0 Å². The van der Waals surface area contributed by atoms with Gasteiger partial charge >= 0.3 is 0 Å². The van der Waals surface area contributed by atoms with E-state index in [0.717, 1.165) is 26.1 Å². The Balaban J connectivity index is 2.11. The van der Waals surface area contributed by atoms with Crippen LogP contribution < -0.4 is 5.32 Å². The van der Waals surface area contributed by atoms with E-state index in [1.165, 1.54) is 0 Å². The van der Waals surface area contributed by atoms with Gasteiger partial charge in [-0.05, 0) is 41.1 Å². The third-order valence-electron chi connectivity index (χ3n) is 1.97. The lowest BCUT2D eigenvalue weighted by Gasteiger charge is -2.05. The Kier molecular flexibility index (Phi) is 3.59. The maximum Gasteiger partial charge on any atom is 0.161 e. The maximum absolute atomic E-state index is 5.91. The van der Waals surface area contributed by atoms with E-state index in [0.29, 0.717) is 6.04 Å². The highest BCUT2D eigenvalue weighted by Gasteiger charge is 2.13. The Bertz CT molecular complexity index is 408. The third kappa shape index (κ3) is 2.89. The van der Waals surface area contributed by atoms with Gasteiger partial charge in [0.25, 0.3) is 0 Å². The van der Waals surface area contributed by atoms with Crippen molar-refractivity contribution in [2.45, 2.75) is 13.0 Å². The van der Waals surface area contributed by atoms with Crippen molar-refractivity contribution in [3.05, 3.63) is 27.7 Å². The molecule has 2 rings (SSSR count). The van der Waals surface area contributed by atoms with Crippen molar-refractivity contribution in [1.29, 1.82) is 0 Å². The third-order valence-corrected chi connectivity index (χ3v) is 4.31. The van der Waals surface area contributed by atoms with Crippen molar-refractivity contribution in [3.63, 3.8) is 0 Å². The summed E-state index contributed by atoms with van der Waals surface area (Å²) >= 11 is 11.0. The Morgan fingerprint density at radius 3 is 3.00 bits per heavy atom.